The van der Waals surface area contributed by atoms with Crippen LogP contribution >= 0.6 is 0 Å². The summed E-state index contributed by atoms with van der Waals surface area (Å²) in [6, 6.07) is 24.2. The van der Waals surface area contributed by atoms with Gasteiger partial charge in [0.25, 0.3) is 5.91 Å². The van der Waals surface area contributed by atoms with Gasteiger partial charge in [0.15, 0.2) is 11.6 Å². The van der Waals surface area contributed by atoms with E-state index in [4.69, 9.17) is 19.6 Å². The zero-order valence-electron chi connectivity index (χ0n) is 21.4. The molecule has 2 aliphatic rings. The first-order valence-electron chi connectivity index (χ1n) is 13.0. The van der Waals surface area contributed by atoms with E-state index in [1.165, 1.54) is 0 Å². The minimum Gasteiger partial charge on any atom is -0.494 e. The van der Waals surface area contributed by atoms with Crippen molar-refractivity contribution in [2.24, 2.45) is 10.1 Å². The van der Waals surface area contributed by atoms with Crippen LogP contribution in [-0.4, -0.2) is 41.7 Å². The Morgan fingerprint density at radius 3 is 2.56 bits per heavy atom. The maximum Gasteiger partial charge on any atom is 0.266 e. The van der Waals surface area contributed by atoms with Crippen molar-refractivity contribution in [1.29, 1.82) is 0 Å². The second-order valence-electron chi connectivity index (χ2n) is 9.57. The van der Waals surface area contributed by atoms with E-state index in [9.17, 15) is 10.3 Å². The third kappa shape index (κ3) is 6.04. The van der Waals surface area contributed by atoms with Gasteiger partial charge in [-0.3, -0.25) is 10.2 Å². The molecular formula is C29H30N6O4. The largest absolute Gasteiger partial charge is 0.494 e. The average Bonchev–Trinajstić information content (AvgIpc) is 3.72. The van der Waals surface area contributed by atoms with Crippen LogP contribution in [0.5, 0.6) is 5.75 Å². The molecule has 0 aromatic heterocycles. The molecule has 5 rings (SSSR count). The molecule has 10 nitrogen and oxygen atoms in total. The number of aliphatic hydroxyl groups is 1. The summed E-state index contributed by atoms with van der Waals surface area (Å²) in [5.74, 6) is 0.617. The normalized spacial score (nSPS) is 19.9. The van der Waals surface area contributed by atoms with Crippen LogP contribution in [-0.2, 0) is 16.0 Å². The van der Waals surface area contributed by atoms with E-state index in [1.807, 2.05) is 48.5 Å². The monoisotopic (exact) mass is 526 g/mol. The Kier molecular flexibility index (Phi) is 8.07. The summed E-state index contributed by atoms with van der Waals surface area (Å²) in [6.07, 6.45) is 1.92. The number of azide groups is 1. The van der Waals surface area contributed by atoms with E-state index >= 15 is 0 Å². The lowest BCUT2D eigenvalue weighted by molar-refractivity contribution is -0.130. The molecule has 0 saturated heterocycles. The smallest absolute Gasteiger partial charge is 0.266 e. The lowest BCUT2D eigenvalue weighted by atomic mass is 9.81. The van der Waals surface area contributed by atoms with Crippen LogP contribution < -0.4 is 15.6 Å². The van der Waals surface area contributed by atoms with Gasteiger partial charge in [0.1, 0.15) is 5.75 Å². The summed E-state index contributed by atoms with van der Waals surface area (Å²) >= 11 is 0. The fourth-order valence-corrected chi connectivity index (χ4v) is 4.52. The molecule has 10 heteroatoms. The Hall–Kier alpha value is -4.37. The van der Waals surface area contributed by atoms with Crippen molar-refractivity contribution in [2.75, 3.05) is 13.2 Å². The first-order chi connectivity index (χ1) is 19.1. The number of carbonyl (C=O) groups excluding carboxylic acids is 1. The van der Waals surface area contributed by atoms with Crippen molar-refractivity contribution in [3.05, 3.63) is 106 Å². The molecule has 0 unspecified atom stereocenters. The summed E-state index contributed by atoms with van der Waals surface area (Å²) in [5, 5.41) is 12.9. The molecule has 1 aliphatic carbocycles. The molecule has 1 heterocycles. The molecule has 3 N–H and O–H groups in total. The van der Waals surface area contributed by atoms with Crippen LogP contribution in [0.1, 0.15) is 42.1 Å². The standard InChI is InChI=1S/C29H30N6O4/c30-35-33-25-10-5-4-9-24(25)26-29(19-20-7-2-1-3-8-20,28(37)34-32-22-13-14-22)31-27(39-26)21-11-15-23(16-12-21)38-18-6-17-36/h1-5,7-12,15-16,22,26,32,36H,6,13-14,17-19H2,(H,34,37)/t26-,29-/m0/s1. The number of hydrogen-bond acceptors (Lipinski definition) is 7. The molecule has 3 aromatic rings. The Balaban J connectivity index is 1.57. The van der Waals surface area contributed by atoms with Crippen LogP contribution in [0.15, 0.2) is 89.0 Å². The maximum absolute atomic E-state index is 14.0. The third-order valence-corrected chi connectivity index (χ3v) is 6.69. The van der Waals surface area contributed by atoms with Gasteiger partial charge in [-0.15, -0.1) is 0 Å². The van der Waals surface area contributed by atoms with E-state index in [1.54, 1.807) is 30.3 Å². The first kappa shape index (κ1) is 26.2. The third-order valence-electron chi connectivity index (χ3n) is 6.69. The number of carbonyl (C=O) groups is 1. The average molecular weight is 527 g/mol. The van der Waals surface area contributed by atoms with E-state index in [0.29, 0.717) is 41.5 Å². The fraction of sp³-hybridized carbons (Fsp3) is 0.310. The number of nitrogens with one attached hydrogen (secondary N) is 2. The van der Waals surface area contributed by atoms with Crippen molar-refractivity contribution >= 4 is 17.5 Å². The highest BCUT2D eigenvalue weighted by atomic mass is 16.5. The highest BCUT2D eigenvalue weighted by molar-refractivity contribution is 6.01. The van der Waals surface area contributed by atoms with Gasteiger partial charge < -0.3 is 14.6 Å². The molecule has 1 saturated carbocycles. The lowest BCUT2D eigenvalue weighted by Crippen LogP contribution is -2.54. The topological polar surface area (TPSA) is 141 Å². The number of hydrazine groups is 1. The predicted octanol–water partition coefficient (Wildman–Crippen LogP) is 4.67. The van der Waals surface area contributed by atoms with Crippen LogP contribution in [0.25, 0.3) is 10.4 Å². The Bertz CT molecular complexity index is 1370. The van der Waals surface area contributed by atoms with Crippen molar-refractivity contribution in [1.82, 2.24) is 10.9 Å². The van der Waals surface area contributed by atoms with Gasteiger partial charge in [-0.1, -0.05) is 59.7 Å². The molecule has 0 spiro atoms. The Morgan fingerprint density at radius 2 is 1.85 bits per heavy atom. The molecule has 1 amide bonds. The zero-order valence-corrected chi connectivity index (χ0v) is 21.4. The second kappa shape index (κ2) is 12.0. The van der Waals surface area contributed by atoms with Crippen LogP contribution in [0.4, 0.5) is 5.69 Å². The molecule has 39 heavy (non-hydrogen) atoms. The number of hydrogen-bond donors (Lipinski definition) is 3. The molecule has 2 atom stereocenters. The van der Waals surface area contributed by atoms with Crippen molar-refractivity contribution in [2.45, 2.75) is 43.4 Å². The maximum atomic E-state index is 14.0. The van der Waals surface area contributed by atoms with Gasteiger partial charge in [0.05, 0.1) is 6.61 Å². The highest BCUT2D eigenvalue weighted by Crippen LogP contribution is 2.45. The lowest BCUT2D eigenvalue weighted by Gasteiger charge is -2.31. The quantitative estimate of drug-likeness (QED) is 0.103. The van der Waals surface area contributed by atoms with Gasteiger partial charge in [-0.05, 0) is 48.2 Å². The zero-order chi connectivity index (χ0) is 27.1. The van der Waals surface area contributed by atoms with Gasteiger partial charge in [-0.2, -0.15) is 0 Å². The number of rotatable bonds is 12. The molecule has 200 valence electrons. The van der Waals surface area contributed by atoms with Crippen LogP contribution in [0, 0.1) is 0 Å². The van der Waals surface area contributed by atoms with E-state index in [0.717, 1.165) is 18.4 Å². The SMILES string of the molecule is [N-]=[N+]=Nc1ccccc1[C@@H]1OC(c2ccc(OCCCO)cc2)=N[C@]1(Cc1ccccc1)C(=O)NNC1CC1. The van der Waals surface area contributed by atoms with E-state index in [2.05, 4.69) is 20.9 Å². The Morgan fingerprint density at radius 1 is 1.10 bits per heavy atom. The van der Waals surface area contributed by atoms with E-state index in [-0.39, 0.29) is 25.0 Å². The van der Waals surface area contributed by atoms with Crippen molar-refractivity contribution in [3.8, 4) is 5.75 Å². The van der Waals surface area contributed by atoms with E-state index < -0.39 is 11.6 Å². The summed E-state index contributed by atoms with van der Waals surface area (Å²) in [7, 11) is 0. The minimum atomic E-state index is -1.39. The van der Waals surface area contributed by atoms with Crippen LogP contribution in [0.2, 0.25) is 0 Å². The minimum absolute atomic E-state index is 0.0581. The van der Waals surface area contributed by atoms with Gasteiger partial charge in [0, 0.05) is 47.2 Å². The molecule has 1 fully saturated rings. The first-order valence-corrected chi connectivity index (χ1v) is 13.0. The number of aliphatic imine (C=N–C) groups is 1. The molecule has 0 radical (unpaired) electrons. The van der Waals surface area contributed by atoms with Gasteiger partial charge >= 0.3 is 0 Å². The van der Waals surface area contributed by atoms with Crippen molar-refractivity contribution < 1.29 is 19.4 Å². The predicted molar refractivity (Wildman–Crippen MR) is 146 cm³/mol. The molecular weight excluding hydrogens is 496 g/mol. The summed E-state index contributed by atoms with van der Waals surface area (Å²) in [4.78, 5) is 22.0. The van der Waals surface area contributed by atoms with Crippen molar-refractivity contribution in [3.63, 3.8) is 0 Å². The molecule has 0 bridgehead atoms. The van der Waals surface area contributed by atoms with Gasteiger partial charge in [0.2, 0.25) is 5.90 Å². The number of aliphatic hydroxyl groups excluding tert-OH is 1. The number of nitrogens with zero attached hydrogens (tertiary/aromatic N) is 4. The summed E-state index contributed by atoms with van der Waals surface area (Å²) in [6.45, 7) is 0.461. The number of amides is 1. The van der Waals surface area contributed by atoms with Gasteiger partial charge in [-0.25, -0.2) is 10.4 Å². The fourth-order valence-electron chi connectivity index (χ4n) is 4.52. The summed E-state index contributed by atoms with van der Waals surface area (Å²) < 4.78 is 12.2. The highest BCUT2D eigenvalue weighted by Gasteiger charge is 2.54. The second-order valence-corrected chi connectivity index (χ2v) is 9.57. The molecule has 3 aromatic carbocycles. The summed E-state index contributed by atoms with van der Waals surface area (Å²) in [5.41, 5.74) is 16.3. The molecule has 1 aliphatic heterocycles. The number of ether oxygens (including phenoxy) is 2. The van der Waals surface area contributed by atoms with Crippen LogP contribution in [0.3, 0.4) is 0 Å². The Labute approximate surface area is 226 Å². The number of benzene rings is 3.